The number of unbranched alkanes of at least 4 members (excludes halogenated alkanes) is 1. The number of ether oxygens (including phenoxy) is 1. The first-order chi connectivity index (χ1) is 7.33. The van der Waals surface area contributed by atoms with Crippen LogP contribution in [0.5, 0.6) is 0 Å². The van der Waals surface area contributed by atoms with Crippen molar-refractivity contribution < 1.29 is 9.53 Å². The van der Waals surface area contributed by atoms with Crippen LogP contribution in [0.3, 0.4) is 0 Å². The van der Waals surface area contributed by atoms with Gasteiger partial charge in [-0.2, -0.15) is 0 Å². The topological polar surface area (TPSA) is 64.3 Å². The molecule has 0 aromatic carbocycles. The van der Waals surface area contributed by atoms with E-state index in [2.05, 4.69) is 5.43 Å². The summed E-state index contributed by atoms with van der Waals surface area (Å²) in [6.45, 7) is 0.780. The summed E-state index contributed by atoms with van der Waals surface area (Å²) in [6.07, 6.45) is 9.18. The summed E-state index contributed by atoms with van der Waals surface area (Å²) in [5.41, 5.74) is 2.13. The van der Waals surface area contributed by atoms with Crippen molar-refractivity contribution in [3.63, 3.8) is 0 Å². The Hall–Kier alpha value is -0.610. The van der Waals surface area contributed by atoms with E-state index in [0.717, 1.165) is 19.4 Å². The Balaban J connectivity index is 1.89. The first-order valence-electron chi connectivity index (χ1n) is 5.94. The number of carbonyl (C=O) groups is 1. The van der Waals surface area contributed by atoms with Crippen molar-refractivity contribution in [2.75, 3.05) is 6.61 Å². The van der Waals surface area contributed by atoms with Crippen LogP contribution in [0.25, 0.3) is 0 Å². The minimum absolute atomic E-state index is 0.0901. The third-order valence-electron chi connectivity index (χ3n) is 2.86. The van der Waals surface area contributed by atoms with Crippen LogP contribution in [0, 0.1) is 0 Å². The first kappa shape index (κ1) is 12.5. The van der Waals surface area contributed by atoms with Gasteiger partial charge < -0.3 is 4.74 Å². The average Bonchev–Trinajstić information content (AvgIpc) is 2.29. The Morgan fingerprint density at radius 3 is 2.67 bits per heavy atom. The lowest BCUT2D eigenvalue weighted by Crippen LogP contribution is -2.29. The molecule has 0 bridgehead atoms. The molecule has 4 heteroatoms. The molecule has 1 fully saturated rings. The summed E-state index contributed by atoms with van der Waals surface area (Å²) in [6, 6.07) is 0. The molecule has 0 saturated heterocycles. The molecule has 88 valence electrons. The summed E-state index contributed by atoms with van der Waals surface area (Å²) in [7, 11) is 0. The number of carbonyl (C=O) groups excluding carboxylic acids is 1. The van der Waals surface area contributed by atoms with Gasteiger partial charge in [0.15, 0.2) is 0 Å². The second-order valence-corrected chi connectivity index (χ2v) is 4.16. The number of nitrogens with one attached hydrogen (secondary N) is 1. The molecule has 0 aromatic rings. The van der Waals surface area contributed by atoms with Crippen LogP contribution in [0.1, 0.15) is 51.4 Å². The molecule has 15 heavy (non-hydrogen) atoms. The summed E-state index contributed by atoms with van der Waals surface area (Å²) >= 11 is 0. The molecule has 1 rings (SSSR count). The van der Waals surface area contributed by atoms with Crippen molar-refractivity contribution in [3.8, 4) is 0 Å². The molecule has 4 nitrogen and oxygen atoms in total. The number of hydrazine groups is 1. The second kappa shape index (κ2) is 7.65. The largest absolute Gasteiger partial charge is 0.378 e. The van der Waals surface area contributed by atoms with Gasteiger partial charge in [-0.1, -0.05) is 19.3 Å². The van der Waals surface area contributed by atoms with Crippen LogP contribution in [-0.4, -0.2) is 18.6 Å². The highest BCUT2D eigenvalue weighted by Gasteiger charge is 2.12. The predicted octanol–water partition coefficient (Wildman–Crippen LogP) is 1.50. The lowest BCUT2D eigenvalue weighted by Gasteiger charge is -2.21. The maximum absolute atomic E-state index is 10.8. The van der Waals surface area contributed by atoms with Gasteiger partial charge in [-0.05, 0) is 25.7 Å². The predicted molar refractivity (Wildman–Crippen MR) is 59.0 cm³/mol. The number of hydrogen-bond donors (Lipinski definition) is 2. The van der Waals surface area contributed by atoms with Crippen molar-refractivity contribution in [3.05, 3.63) is 0 Å². The summed E-state index contributed by atoms with van der Waals surface area (Å²) < 4.78 is 5.74. The Morgan fingerprint density at radius 1 is 1.27 bits per heavy atom. The van der Waals surface area contributed by atoms with Crippen molar-refractivity contribution in [1.29, 1.82) is 0 Å². The highest BCUT2D eigenvalue weighted by Crippen LogP contribution is 2.20. The fourth-order valence-corrected chi connectivity index (χ4v) is 1.94. The van der Waals surface area contributed by atoms with E-state index in [-0.39, 0.29) is 5.91 Å². The van der Waals surface area contributed by atoms with Crippen LogP contribution in [0.2, 0.25) is 0 Å². The van der Waals surface area contributed by atoms with Gasteiger partial charge in [0.25, 0.3) is 0 Å². The van der Waals surface area contributed by atoms with E-state index >= 15 is 0 Å². The number of hydrogen-bond acceptors (Lipinski definition) is 3. The van der Waals surface area contributed by atoms with E-state index < -0.39 is 0 Å². The molecule has 0 spiro atoms. The Bertz CT molecular complexity index is 179. The van der Waals surface area contributed by atoms with Crippen LogP contribution >= 0.6 is 0 Å². The second-order valence-electron chi connectivity index (χ2n) is 4.16. The molecule has 0 atom stereocenters. The quantitative estimate of drug-likeness (QED) is 0.305. The van der Waals surface area contributed by atoms with E-state index in [1.165, 1.54) is 32.1 Å². The van der Waals surface area contributed by atoms with E-state index in [9.17, 15) is 4.79 Å². The molecule has 0 aliphatic heterocycles. The monoisotopic (exact) mass is 214 g/mol. The number of rotatable bonds is 6. The Labute approximate surface area is 91.5 Å². The van der Waals surface area contributed by atoms with Gasteiger partial charge in [0, 0.05) is 13.0 Å². The molecule has 0 aromatic heterocycles. The van der Waals surface area contributed by atoms with E-state index in [1.54, 1.807) is 0 Å². The van der Waals surface area contributed by atoms with Crippen LogP contribution in [0.4, 0.5) is 0 Å². The first-order valence-corrected chi connectivity index (χ1v) is 5.94. The fourth-order valence-electron chi connectivity index (χ4n) is 1.94. The molecular weight excluding hydrogens is 192 g/mol. The lowest BCUT2D eigenvalue weighted by atomic mass is 9.98. The van der Waals surface area contributed by atoms with E-state index in [1.807, 2.05) is 0 Å². The zero-order chi connectivity index (χ0) is 10.9. The highest BCUT2D eigenvalue weighted by molar-refractivity contribution is 5.74. The van der Waals surface area contributed by atoms with Gasteiger partial charge in [-0.15, -0.1) is 0 Å². The van der Waals surface area contributed by atoms with Crippen molar-refractivity contribution in [2.24, 2.45) is 5.84 Å². The van der Waals surface area contributed by atoms with Crippen molar-refractivity contribution >= 4 is 5.91 Å². The van der Waals surface area contributed by atoms with Gasteiger partial charge in [-0.25, -0.2) is 5.84 Å². The summed E-state index contributed by atoms with van der Waals surface area (Å²) in [4.78, 5) is 10.8. The van der Waals surface area contributed by atoms with Gasteiger partial charge >= 0.3 is 0 Å². The number of amides is 1. The highest BCUT2D eigenvalue weighted by atomic mass is 16.5. The van der Waals surface area contributed by atoms with Crippen molar-refractivity contribution in [2.45, 2.75) is 57.5 Å². The third kappa shape index (κ3) is 5.74. The van der Waals surface area contributed by atoms with Gasteiger partial charge in [0.05, 0.1) is 6.10 Å². The van der Waals surface area contributed by atoms with Gasteiger partial charge in [0.1, 0.15) is 0 Å². The Morgan fingerprint density at radius 2 is 2.00 bits per heavy atom. The normalized spacial score (nSPS) is 17.7. The minimum atomic E-state index is -0.0901. The number of nitrogens with two attached hydrogens (primary N) is 1. The standard InChI is InChI=1S/C11H22N2O2/c12-13-11(14)8-4-5-9-15-10-6-2-1-3-7-10/h10H,1-9,12H2,(H,13,14). The molecule has 0 radical (unpaired) electrons. The lowest BCUT2D eigenvalue weighted by molar-refractivity contribution is -0.121. The Kier molecular flexibility index (Phi) is 6.36. The molecule has 1 aliphatic carbocycles. The zero-order valence-electron chi connectivity index (χ0n) is 9.34. The summed E-state index contributed by atoms with van der Waals surface area (Å²) in [5.74, 6) is 4.88. The van der Waals surface area contributed by atoms with E-state index in [0.29, 0.717) is 12.5 Å². The molecule has 1 amide bonds. The minimum Gasteiger partial charge on any atom is -0.378 e. The van der Waals surface area contributed by atoms with Crippen LogP contribution in [-0.2, 0) is 9.53 Å². The summed E-state index contributed by atoms with van der Waals surface area (Å²) in [5, 5.41) is 0. The molecule has 3 N–H and O–H groups in total. The van der Waals surface area contributed by atoms with Crippen LogP contribution in [0.15, 0.2) is 0 Å². The maximum atomic E-state index is 10.8. The molecule has 1 saturated carbocycles. The molecule has 1 aliphatic rings. The molecule has 0 unspecified atom stereocenters. The van der Waals surface area contributed by atoms with Crippen molar-refractivity contribution in [1.82, 2.24) is 5.43 Å². The smallest absolute Gasteiger partial charge is 0.233 e. The van der Waals surface area contributed by atoms with Gasteiger partial charge in [0.2, 0.25) is 5.91 Å². The zero-order valence-corrected chi connectivity index (χ0v) is 9.34. The van der Waals surface area contributed by atoms with E-state index in [4.69, 9.17) is 10.6 Å². The molecule has 0 heterocycles. The SMILES string of the molecule is NNC(=O)CCCCOC1CCCCC1. The van der Waals surface area contributed by atoms with Crippen LogP contribution < -0.4 is 11.3 Å². The molecular formula is C11H22N2O2. The third-order valence-corrected chi connectivity index (χ3v) is 2.86. The average molecular weight is 214 g/mol. The fraction of sp³-hybridized carbons (Fsp3) is 0.909. The maximum Gasteiger partial charge on any atom is 0.233 e. The van der Waals surface area contributed by atoms with Gasteiger partial charge in [-0.3, -0.25) is 10.2 Å².